The Morgan fingerprint density at radius 1 is 1.53 bits per heavy atom. The van der Waals surface area contributed by atoms with Crippen LogP contribution in [-0.4, -0.2) is 20.0 Å². The summed E-state index contributed by atoms with van der Waals surface area (Å²) in [5.41, 5.74) is 0.365. The van der Waals surface area contributed by atoms with E-state index in [-0.39, 0.29) is 10.4 Å². The van der Waals surface area contributed by atoms with Gasteiger partial charge in [0.25, 0.3) is 16.3 Å². The van der Waals surface area contributed by atoms with Crippen LogP contribution in [0.4, 0.5) is 0 Å². The van der Waals surface area contributed by atoms with Crippen molar-refractivity contribution in [1.29, 1.82) is 0 Å². The molecule has 2 heterocycles. The second-order valence-corrected chi connectivity index (χ2v) is 3.92. The third-order valence-corrected chi connectivity index (χ3v) is 2.42. The van der Waals surface area contributed by atoms with Crippen LogP contribution >= 0.6 is 12.2 Å². The lowest BCUT2D eigenvalue weighted by Crippen LogP contribution is -2.22. The van der Waals surface area contributed by atoms with Crippen LogP contribution < -0.4 is 5.56 Å². The Morgan fingerprint density at radius 2 is 2.35 bits per heavy atom. The molecule has 2 aromatic heterocycles. The normalized spacial score (nSPS) is 10.6. The molecule has 0 bridgehead atoms. The fourth-order valence-corrected chi connectivity index (χ4v) is 1.50. The molecule has 0 aliphatic heterocycles. The van der Waals surface area contributed by atoms with Gasteiger partial charge in [-0.15, -0.1) is 5.10 Å². The smallest absolute Gasteiger partial charge is 0.284 e. The van der Waals surface area contributed by atoms with Gasteiger partial charge in [-0.25, -0.2) is 9.78 Å². The highest BCUT2D eigenvalue weighted by Gasteiger charge is 2.07. The summed E-state index contributed by atoms with van der Waals surface area (Å²) in [4.78, 5) is 11.7. The molecule has 0 aliphatic rings. The molecule has 7 heteroatoms. The molecule has 0 radical (unpaired) electrons. The van der Waals surface area contributed by atoms with Crippen LogP contribution in [0.1, 0.15) is 19.8 Å². The molecule has 6 nitrogen and oxygen atoms in total. The highest BCUT2D eigenvalue weighted by atomic mass is 32.1. The molecule has 90 valence electrons. The van der Waals surface area contributed by atoms with Crippen molar-refractivity contribution in [3.8, 4) is 11.6 Å². The van der Waals surface area contributed by atoms with Gasteiger partial charge in [0.05, 0.1) is 0 Å². The maximum absolute atomic E-state index is 11.5. The summed E-state index contributed by atoms with van der Waals surface area (Å²) in [5, 5.41) is 10.6. The van der Waals surface area contributed by atoms with Crippen molar-refractivity contribution in [2.24, 2.45) is 0 Å². The van der Waals surface area contributed by atoms with E-state index < -0.39 is 0 Å². The lowest BCUT2D eigenvalue weighted by atomic mass is 10.3. The van der Waals surface area contributed by atoms with Crippen molar-refractivity contribution in [3.63, 3.8) is 0 Å². The number of hydrogen-bond acceptors (Lipinski definition) is 5. The van der Waals surface area contributed by atoms with Crippen molar-refractivity contribution >= 4 is 12.2 Å². The zero-order chi connectivity index (χ0) is 12.3. The maximum atomic E-state index is 11.5. The van der Waals surface area contributed by atoms with Crippen LogP contribution in [0.5, 0.6) is 0 Å². The van der Waals surface area contributed by atoms with Crippen LogP contribution in [-0.2, 0) is 6.54 Å². The van der Waals surface area contributed by atoms with Crippen LogP contribution in [0.25, 0.3) is 11.6 Å². The van der Waals surface area contributed by atoms with Crippen LogP contribution in [0.15, 0.2) is 21.3 Å². The first kappa shape index (κ1) is 11.7. The van der Waals surface area contributed by atoms with E-state index in [0.717, 1.165) is 12.8 Å². The molecule has 0 spiro atoms. The Bertz CT molecular complexity index is 613. The second kappa shape index (κ2) is 5.05. The summed E-state index contributed by atoms with van der Waals surface area (Å²) in [6, 6.07) is 3.02. The average Bonchev–Trinajstić information content (AvgIpc) is 2.75. The Morgan fingerprint density at radius 3 is 3.00 bits per heavy atom. The second-order valence-electron chi connectivity index (χ2n) is 3.55. The van der Waals surface area contributed by atoms with E-state index in [9.17, 15) is 4.79 Å². The summed E-state index contributed by atoms with van der Waals surface area (Å²) in [6.45, 7) is 2.65. The molecule has 0 aromatic carbocycles. The topological polar surface area (TPSA) is 76.7 Å². The van der Waals surface area contributed by atoms with Gasteiger partial charge < -0.3 is 4.42 Å². The minimum atomic E-state index is -0.128. The molecule has 0 atom stereocenters. The van der Waals surface area contributed by atoms with E-state index in [1.54, 1.807) is 6.07 Å². The summed E-state index contributed by atoms with van der Waals surface area (Å²) >= 11 is 4.78. The number of nitrogens with one attached hydrogen (secondary N) is 1. The summed E-state index contributed by atoms with van der Waals surface area (Å²) < 4.78 is 6.55. The largest absolute Gasteiger partial charge is 0.408 e. The van der Waals surface area contributed by atoms with E-state index in [1.165, 1.54) is 10.7 Å². The molecule has 2 rings (SSSR count). The zero-order valence-electron chi connectivity index (χ0n) is 9.34. The van der Waals surface area contributed by atoms with Gasteiger partial charge in [-0.2, -0.15) is 5.10 Å². The third kappa shape index (κ3) is 2.68. The average molecular weight is 252 g/mol. The molecule has 17 heavy (non-hydrogen) atoms. The van der Waals surface area contributed by atoms with Gasteiger partial charge in [0, 0.05) is 12.6 Å². The molecular formula is C10H12N4O2S. The lowest BCUT2D eigenvalue weighted by Gasteiger charge is -2.03. The first-order valence-electron chi connectivity index (χ1n) is 5.34. The van der Waals surface area contributed by atoms with E-state index in [0.29, 0.717) is 18.1 Å². The minimum Gasteiger partial charge on any atom is -0.408 e. The van der Waals surface area contributed by atoms with Crippen LogP contribution in [0, 0.1) is 4.84 Å². The number of aryl methyl sites for hydroxylation is 1. The number of aromatic nitrogens is 4. The van der Waals surface area contributed by atoms with Gasteiger partial charge in [-0.1, -0.05) is 13.3 Å². The third-order valence-electron chi connectivity index (χ3n) is 2.25. The lowest BCUT2D eigenvalue weighted by molar-refractivity contribution is 0.524. The zero-order valence-corrected chi connectivity index (χ0v) is 10.2. The molecule has 0 saturated heterocycles. The van der Waals surface area contributed by atoms with Crippen molar-refractivity contribution in [2.75, 3.05) is 0 Å². The van der Waals surface area contributed by atoms with E-state index in [4.69, 9.17) is 16.6 Å². The summed E-state index contributed by atoms with van der Waals surface area (Å²) in [6.07, 6.45) is 1.90. The van der Waals surface area contributed by atoms with Crippen molar-refractivity contribution in [1.82, 2.24) is 20.0 Å². The highest BCUT2D eigenvalue weighted by Crippen LogP contribution is 2.11. The minimum absolute atomic E-state index is 0.128. The summed E-state index contributed by atoms with van der Waals surface area (Å²) in [7, 11) is 0. The standard InChI is InChI=1S/C10H12N4O2S/c1-2-3-6-14-8(15)5-4-7(13-14)9-11-12-10(17)16-9/h4-5H,2-3,6H2,1H3,(H,12,17). The van der Waals surface area contributed by atoms with Gasteiger partial charge in [0.15, 0.2) is 0 Å². The summed E-state index contributed by atoms with van der Waals surface area (Å²) in [5.74, 6) is 0.292. The fourth-order valence-electron chi connectivity index (χ4n) is 1.37. The SMILES string of the molecule is CCCCn1nc(-c2n[nH]c(=S)o2)ccc1=O. The number of rotatable bonds is 4. The fraction of sp³-hybridized carbons (Fsp3) is 0.400. The molecule has 2 aromatic rings. The van der Waals surface area contributed by atoms with E-state index >= 15 is 0 Å². The quantitative estimate of drug-likeness (QED) is 0.839. The number of unbranched alkanes of at least 4 members (excludes halogenated alkanes) is 1. The number of aromatic amines is 1. The first-order chi connectivity index (χ1) is 8.20. The van der Waals surface area contributed by atoms with Crippen LogP contribution in [0.3, 0.4) is 0 Å². The number of H-pyrrole nitrogens is 1. The predicted molar refractivity (Wildman–Crippen MR) is 64.1 cm³/mol. The Hall–Kier alpha value is -1.76. The van der Waals surface area contributed by atoms with Crippen molar-refractivity contribution in [3.05, 3.63) is 27.3 Å². The molecule has 1 N–H and O–H groups in total. The molecule has 0 amide bonds. The molecule has 0 aliphatic carbocycles. The van der Waals surface area contributed by atoms with E-state index in [2.05, 4.69) is 22.2 Å². The molecule has 0 unspecified atom stereocenters. The van der Waals surface area contributed by atoms with Gasteiger partial charge in [-0.3, -0.25) is 4.79 Å². The van der Waals surface area contributed by atoms with E-state index in [1.807, 2.05) is 0 Å². The van der Waals surface area contributed by atoms with Crippen molar-refractivity contribution in [2.45, 2.75) is 26.3 Å². The Labute approximate surface area is 102 Å². The highest BCUT2D eigenvalue weighted by molar-refractivity contribution is 7.71. The molecule has 0 fully saturated rings. The van der Waals surface area contributed by atoms with Gasteiger partial charge in [-0.05, 0) is 24.7 Å². The van der Waals surface area contributed by atoms with Gasteiger partial charge in [0.2, 0.25) is 0 Å². The van der Waals surface area contributed by atoms with Gasteiger partial charge >= 0.3 is 0 Å². The molecular weight excluding hydrogens is 240 g/mol. The number of hydrogen-bond donors (Lipinski definition) is 1. The predicted octanol–water partition coefficient (Wildman–Crippen LogP) is 1.76. The monoisotopic (exact) mass is 252 g/mol. The Balaban J connectivity index is 2.36. The van der Waals surface area contributed by atoms with Gasteiger partial charge in [0.1, 0.15) is 5.69 Å². The Kier molecular flexibility index (Phi) is 3.48. The maximum Gasteiger partial charge on any atom is 0.284 e. The van der Waals surface area contributed by atoms with Crippen LogP contribution in [0.2, 0.25) is 0 Å². The molecule has 0 saturated carbocycles. The first-order valence-corrected chi connectivity index (χ1v) is 5.75. The van der Waals surface area contributed by atoms with Crippen molar-refractivity contribution < 1.29 is 4.42 Å². The number of nitrogens with zero attached hydrogens (tertiary/aromatic N) is 3.